The molecule has 1 N–H and O–H groups in total. The van der Waals surface area contributed by atoms with Crippen molar-refractivity contribution in [1.29, 1.82) is 0 Å². The van der Waals surface area contributed by atoms with E-state index in [1.807, 2.05) is 38.1 Å². The highest BCUT2D eigenvalue weighted by molar-refractivity contribution is 7.16. The molecular formula is C19H22N4O2S2. The lowest BCUT2D eigenvalue weighted by Gasteiger charge is -2.04. The fourth-order valence-electron chi connectivity index (χ4n) is 2.46. The number of thiazole rings is 1. The first-order valence-electron chi connectivity index (χ1n) is 8.84. The first kappa shape index (κ1) is 19.4. The maximum atomic E-state index is 12.5. The zero-order valence-electron chi connectivity index (χ0n) is 15.6. The summed E-state index contributed by atoms with van der Waals surface area (Å²) in [4.78, 5) is 17.6. The number of aryl methyl sites for hydroxylation is 3. The third-order valence-electron chi connectivity index (χ3n) is 3.83. The van der Waals surface area contributed by atoms with E-state index in [2.05, 4.69) is 27.4 Å². The van der Waals surface area contributed by atoms with Crippen LogP contribution in [0.4, 0.5) is 5.13 Å². The van der Waals surface area contributed by atoms with Crippen molar-refractivity contribution in [2.24, 2.45) is 0 Å². The fraction of sp³-hybridized carbons (Fsp3) is 0.368. The normalized spacial score (nSPS) is 10.8. The summed E-state index contributed by atoms with van der Waals surface area (Å²) >= 11 is 2.76. The quantitative estimate of drug-likeness (QED) is 0.586. The molecule has 8 heteroatoms. The summed E-state index contributed by atoms with van der Waals surface area (Å²) in [5, 5.41) is 13.2. The average molecular weight is 403 g/mol. The van der Waals surface area contributed by atoms with E-state index >= 15 is 0 Å². The molecule has 0 radical (unpaired) electrons. The molecule has 0 atom stereocenters. The van der Waals surface area contributed by atoms with Gasteiger partial charge in [0.05, 0.1) is 5.69 Å². The van der Waals surface area contributed by atoms with Crippen LogP contribution in [0, 0.1) is 13.8 Å². The van der Waals surface area contributed by atoms with Crippen LogP contribution >= 0.6 is 22.7 Å². The third kappa shape index (κ3) is 5.33. The number of carbonyl (C=O) groups excluding carboxylic acids is 1. The largest absolute Gasteiger partial charge is 0.486 e. The second kappa shape index (κ2) is 9.05. The van der Waals surface area contributed by atoms with Gasteiger partial charge in [0.1, 0.15) is 27.2 Å². The van der Waals surface area contributed by atoms with Crippen LogP contribution in [0.5, 0.6) is 5.75 Å². The van der Waals surface area contributed by atoms with E-state index in [0.717, 1.165) is 40.6 Å². The minimum atomic E-state index is -0.204. The number of unbranched alkanes of at least 4 members (excludes halogenated alkanes) is 1. The van der Waals surface area contributed by atoms with E-state index in [1.54, 1.807) is 0 Å². The van der Waals surface area contributed by atoms with Crippen molar-refractivity contribution in [2.45, 2.75) is 46.6 Å². The number of hydrogen-bond acceptors (Lipinski definition) is 7. The number of anilines is 1. The first-order chi connectivity index (χ1) is 13.0. The Kier molecular flexibility index (Phi) is 6.52. The molecule has 0 saturated carbocycles. The molecule has 0 fully saturated rings. The van der Waals surface area contributed by atoms with Gasteiger partial charge < -0.3 is 4.74 Å². The number of benzene rings is 1. The van der Waals surface area contributed by atoms with Gasteiger partial charge in [0.2, 0.25) is 5.13 Å². The van der Waals surface area contributed by atoms with Crippen LogP contribution in [-0.4, -0.2) is 21.1 Å². The van der Waals surface area contributed by atoms with Crippen molar-refractivity contribution in [3.05, 3.63) is 50.4 Å². The molecule has 0 saturated heterocycles. The van der Waals surface area contributed by atoms with Gasteiger partial charge in [-0.3, -0.25) is 10.1 Å². The topological polar surface area (TPSA) is 77.0 Å². The average Bonchev–Trinajstić information content (AvgIpc) is 3.24. The maximum absolute atomic E-state index is 12.5. The third-order valence-corrected chi connectivity index (χ3v) is 5.86. The summed E-state index contributed by atoms with van der Waals surface area (Å²) in [6, 6.07) is 7.85. The van der Waals surface area contributed by atoms with Crippen molar-refractivity contribution in [3.8, 4) is 5.75 Å². The van der Waals surface area contributed by atoms with Gasteiger partial charge in [-0.05, 0) is 38.0 Å². The lowest BCUT2D eigenvalue weighted by Crippen LogP contribution is -2.11. The van der Waals surface area contributed by atoms with E-state index in [4.69, 9.17) is 4.74 Å². The zero-order chi connectivity index (χ0) is 19.2. The molecule has 0 unspecified atom stereocenters. The van der Waals surface area contributed by atoms with Gasteiger partial charge in [-0.15, -0.1) is 21.5 Å². The van der Waals surface area contributed by atoms with Crippen molar-refractivity contribution in [2.75, 3.05) is 5.32 Å². The molecule has 6 nitrogen and oxygen atoms in total. The first-order valence-corrected chi connectivity index (χ1v) is 10.5. The number of nitrogens with zero attached hydrogens (tertiary/aromatic N) is 3. The highest BCUT2D eigenvalue weighted by atomic mass is 32.1. The number of nitrogens with one attached hydrogen (secondary N) is 1. The van der Waals surface area contributed by atoms with E-state index in [1.165, 1.54) is 22.7 Å². The van der Waals surface area contributed by atoms with Crippen LogP contribution < -0.4 is 10.1 Å². The summed E-state index contributed by atoms with van der Waals surface area (Å²) in [6.45, 7) is 6.32. The van der Waals surface area contributed by atoms with E-state index in [-0.39, 0.29) is 5.91 Å². The second-order valence-corrected chi connectivity index (χ2v) is 8.33. The van der Waals surface area contributed by atoms with Gasteiger partial charge in [0.15, 0.2) is 0 Å². The molecule has 142 valence electrons. The monoisotopic (exact) mass is 402 g/mol. The Labute approximate surface area is 166 Å². The molecule has 3 rings (SSSR count). The molecule has 3 aromatic rings. The Morgan fingerprint density at radius 2 is 2.04 bits per heavy atom. The molecule has 27 heavy (non-hydrogen) atoms. The Hall–Kier alpha value is -2.32. The van der Waals surface area contributed by atoms with Crippen LogP contribution in [0.1, 0.15) is 50.7 Å². The number of rotatable bonds is 8. The summed E-state index contributed by atoms with van der Waals surface area (Å²) in [6.07, 6.45) is 3.07. The summed E-state index contributed by atoms with van der Waals surface area (Å²) in [7, 11) is 0. The van der Waals surface area contributed by atoms with E-state index < -0.39 is 0 Å². The van der Waals surface area contributed by atoms with Crippen LogP contribution in [0.3, 0.4) is 0 Å². The summed E-state index contributed by atoms with van der Waals surface area (Å²) in [5.74, 6) is 0.590. The molecule has 0 aliphatic carbocycles. The predicted octanol–water partition coefficient (Wildman–Crippen LogP) is 4.79. The molecule has 0 bridgehead atoms. The fourth-order valence-corrected chi connectivity index (χ4v) is 4.11. The number of hydrogen-bond donors (Lipinski definition) is 1. The lowest BCUT2D eigenvalue weighted by atomic mass is 10.2. The van der Waals surface area contributed by atoms with Gasteiger partial charge in [0, 0.05) is 6.42 Å². The molecule has 0 spiro atoms. The molecule has 1 amide bonds. The Balaban J connectivity index is 1.61. The highest BCUT2D eigenvalue weighted by Gasteiger charge is 2.17. The van der Waals surface area contributed by atoms with Gasteiger partial charge in [-0.1, -0.05) is 36.8 Å². The zero-order valence-corrected chi connectivity index (χ0v) is 17.2. The number of ether oxygens (including phenoxy) is 1. The predicted molar refractivity (Wildman–Crippen MR) is 109 cm³/mol. The van der Waals surface area contributed by atoms with Crippen molar-refractivity contribution in [3.63, 3.8) is 0 Å². The standard InChI is InChI=1S/C19H22N4O2S2/c1-4-5-9-15-22-23-19(27-15)21-18(24)17-13(3)20-16(26-17)11-25-14-8-6-7-12(2)10-14/h6-8,10H,4-5,9,11H2,1-3H3,(H,21,23,24). The van der Waals surface area contributed by atoms with Gasteiger partial charge in [-0.2, -0.15) is 0 Å². The minimum Gasteiger partial charge on any atom is -0.486 e. The Morgan fingerprint density at radius 3 is 2.81 bits per heavy atom. The minimum absolute atomic E-state index is 0.204. The molecule has 2 aromatic heterocycles. The van der Waals surface area contributed by atoms with Crippen molar-refractivity contribution >= 4 is 33.7 Å². The van der Waals surface area contributed by atoms with E-state index in [0.29, 0.717) is 22.3 Å². The molecular weight excluding hydrogens is 380 g/mol. The van der Waals surface area contributed by atoms with Crippen molar-refractivity contribution in [1.82, 2.24) is 15.2 Å². The number of aromatic nitrogens is 3. The Bertz CT molecular complexity index is 920. The number of amides is 1. The molecule has 0 aliphatic heterocycles. The van der Waals surface area contributed by atoms with Crippen LogP contribution in [0.25, 0.3) is 0 Å². The second-order valence-electron chi connectivity index (χ2n) is 6.19. The van der Waals surface area contributed by atoms with E-state index in [9.17, 15) is 4.79 Å². The van der Waals surface area contributed by atoms with Crippen molar-refractivity contribution < 1.29 is 9.53 Å². The SMILES string of the molecule is CCCCc1nnc(NC(=O)c2sc(COc3cccc(C)c3)nc2C)s1. The van der Waals surface area contributed by atoms with Crippen LogP contribution in [-0.2, 0) is 13.0 Å². The maximum Gasteiger partial charge on any atom is 0.269 e. The lowest BCUT2D eigenvalue weighted by molar-refractivity contribution is 0.102. The van der Waals surface area contributed by atoms with Crippen LogP contribution in [0.2, 0.25) is 0 Å². The van der Waals surface area contributed by atoms with Gasteiger partial charge in [-0.25, -0.2) is 4.98 Å². The summed E-state index contributed by atoms with van der Waals surface area (Å²) in [5.41, 5.74) is 1.83. The van der Waals surface area contributed by atoms with Gasteiger partial charge >= 0.3 is 0 Å². The van der Waals surface area contributed by atoms with Gasteiger partial charge in [0.25, 0.3) is 5.91 Å². The smallest absolute Gasteiger partial charge is 0.269 e. The molecule has 0 aliphatic rings. The highest BCUT2D eigenvalue weighted by Crippen LogP contribution is 2.23. The molecule has 1 aromatic carbocycles. The van der Waals surface area contributed by atoms with Crippen LogP contribution in [0.15, 0.2) is 24.3 Å². The summed E-state index contributed by atoms with van der Waals surface area (Å²) < 4.78 is 5.78. The number of carbonyl (C=O) groups is 1. The Morgan fingerprint density at radius 1 is 1.19 bits per heavy atom. The molecule has 2 heterocycles.